The van der Waals surface area contributed by atoms with Crippen LogP contribution in [0.1, 0.15) is 28.2 Å². The molecule has 6 aromatic carbocycles. The molecule has 0 fully saturated rings. The lowest BCUT2D eigenvalue weighted by atomic mass is 9.61. The van der Waals surface area contributed by atoms with E-state index in [1.807, 2.05) is 36.4 Å². The predicted octanol–water partition coefficient (Wildman–Crippen LogP) is 11.4. The van der Waals surface area contributed by atoms with Gasteiger partial charge in [0.1, 0.15) is 11.5 Å². The van der Waals surface area contributed by atoms with Crippen LogP contribution in [0.5, 0.6) is 11.5 Å². The minimum atomic E-state index is -0.370. The van der Waals surface area contributed by atoms with E-state index in [2.05, 4.69) is 146 Å². The number of hydrogen-bond donors (Lipinski definition) is 0. The van der Waals surface area contributed by atoms with E-state index in [0.29, 0.717) is 11.7 Å². The Balaban J connectivity index is 1.09. The molecule has 0 radical (unpaired) electrons. The van der Waals surface area contributed by atoms with Crippen molar-refractivity contribution >= 4 is 0 Å². The average molecular weight is 641 g/mol. The van der Waals surface area contributed by atoms with Crippen molar-refractivity contribution in [2.24, 2.45) is 5.92 Å². The summed E-state index contributed by atoms with van der Waals surface area (Å²) >= 11 is 0. The van der Waals surface area contributed by atoms with Gasteiger partial charge in [0.2, 0.25) is 0 Å². The van der Waals surface area contributed by atoms with Crippen LogP contribution in [0.4, 0.5) is 0 Å². The van der Waals surface area contributed by atoms with Gasteiger partial charge in [-0.2, -0.15) is 0 Å². The summed E-state index contributed by atoms with van der Waals surface area (Å²) in [4.78, 5) is 10.0. The number of ether oxygens (including phenoxy) is 1. The van der Waals surface area contributed by atoms with Gasteiger partial charge < -0.3 is 4.74 Å². The lowest BCUT2D eigenvalue weighted by Gasteiger charge is -2.43. The largest absolute Gasteiger partial charge is 0.457 e. The fraction of sp³-hybridized carbons (Fsp3) is 0.0638. The number of benzene rings is 6. The third-order valence-corrected chi connectivity index (χ3v) is 10.7. The maximum Gasteiger partial charge on any atom is 0.160 e. The first-order valence-electron chi connectivity index (χ1n) is 17.2. The van der Waals surface area contributed by atoms with Crippen LogP contribution in [0.3, 0.4) is 0 Å². The summed E-state index contributed by atoms with van der Waals surface area (Å²) in [6.07, 6.45) is 9.20. The highest BCUT2D eigenvalue weighted by atomic mass is 16.5. The molecule has 3 unspecified atom stereocenters. The molecule has 0 saturated carbocycles. The molecule has 7 aromatic rings. The number of rotatable bonds is 4. The van der Waals surface area contributed by atoms with Crippen LogP contribution in [0.15, 0.2) is 182 Å². The second kappa shape index (κ2) is 11.4. The van der Waals surface area contributed by atoms with E-state index < -0.39 is 0 Å². The minimum Gasteiger partial charge on any atom is -0.457 e. The molecule has 1 aromatic heterocycles. The standard InChI is InChI=1S/C47H32N2O/c1-3-13-32(14-4-1)42-30-43(49-46(48-42)34-15-5-2-6-16-34)33-25-23-31(24-26-33)35-27-28-45-41(29-35)47(40-21-11-12-22-44(40)50-45)38-19-9-7-17-36(38)37-18-8-10-20-39(37)47/h1-30,36,38H. The lowest BCUT2D eigenvalue weighted by Crippen LogP contribution is -2.37. The first-order chi connectivity index (χ1) is 24.8. The molecule has 0 bridgehead atoms. The van der Waals surface area contributed by atoms with Crippen molar-refractivity contribution in [1.29, 1.82) is 0 Å². The molecule has 3 nitrogen and oxygen atoms in total. The fourth-order valence-electron chi connectivity index (χ4n) is 8.45. The first-order valence-corrected chi connectivity index (χ1v) is 17.2. The number of aromatic nitrogens is 2. The van der Waals surface area contributed by atoms with Crippen LogP contribution in [0, 0.1) is 5.92 Å². The van der Waals surface area contributed by atoms with Crippen LogP contribution < -0.4 is 4.74 Å². The van der Waals surface area contributed by atoms with Gasteiger partial charge in [-0.05, 0) is 46.5 Å². The molecule has 3 atom stereocenters. The van der Waals surface area contributed by atoms with Crippen molar-refractivity contribution < 1.29 is 4.74 Å². The molecule has 3 aliphatic rings. The predicted molar refractivity (Wildman–Crippen MR) is 201 cm³/mol. The van der Waals surface area contributed by atoms with Crippen molar-refractivity contribution in [2.45, 2.75) is 11.3 Å². The number of nitrogens with zero attached hydrogens (tertiary/aromatic N) is 2. The Hall–Kier alpha value is -6.32. The van der Waals surface area contributed by atoms with Gasteiger partial charge in [0.25, 0.3) is 0 Å². The molecule has 236 valence electrons. The molecule has 3 heteroatoms. The summed E-state index contributed by atoms with van der Waals surface area (Å²) < 4.78 is 6.67. The third kappa shape index (κ3) is 4.37. The zero-order chi connectivity index (χ0) is 33.1. The average Bonchev–Trinajstić information content (AvgIpc) is 3.49. The molecule has 1 aliphatic heterocycles. The molecule has 2 aliphatic carbocycles. The number of para-hydroxylation sites is 1. The van der Waals surface area contributed by atoms with Crippen LogP contribution >= 0.6 is 0 Å². The molecular weight excluding hydrogens is 609 g/mol. The first kappa shape index (κ1) is 28.7. The monoisotopic (exact) mass is 640 g/mol. The van der Waals surface area contributed by atoms with E-state index >= 15 is 0 Å². The second-order valence-corrected chi connectivity index (χ2v) is 13.3. The van der Waals surface area contributed by atoms with Crippen LogP contribution in [0.2, 0.25) is 0 Å². The summed E-state index contributed by atoms with van der Waals surface area (Å²) in [6, 6.07) is 55.7. The van der Waals surface area contributed by atoms with Crippen molar-refractivity contribution in [3.63, 3.8) is 0 Å². The van der Waals surface area contributed by atoms with Gasteiger partial charge >= 0.3 is 0 Å². The minimum absolute atomic E-state index is 0.238. The molecule has 10 rings (SSSR count). The van der Waals surface area contributed by atoms with E-state index in [1.165, 1.54) is 22.3 Å². The van der Waals surface area contributed by atoms with E-state index in [1.54, 1.807) is 0 Å². The molecule has 0 saturated heterocycles. The van der Waals surface area contributed by atoms with Gasteiger partial charge in [-0.25, -0.2) is 9.97 Å². The van der Waals surface area contributed by atoms with Crippen molar-refractivity contribution in [3.8, 4) is 56.5 Å². The Morgan fingerprint density at radius 1 is 0.440 bits per heavy atom. The van der Waals surface area contributed by atoms with Gasteiger partial charge in [0, 0.05) is 39.7 Å². The molecular formula is C47H32N2O. The Kier molecular flexibility index (Phi) is 6.53. The Labute approximate surface area is 291 Å². The zero-order valence-electron chi connectivity index (χ0n) is 27.3. The highest BCUT2D eigenvalue weighted by Gasteiger charge is 2.56. The van der Waals surface area contributed by atoms with E-state index in [-0.39, 0.29) is 11.3 Å². The van der Waals surface area contributed by atoms with Crippen molar-refractivity contribution in [1.82, 2.24) is 9.97 Å². The Morgan fingerprint density at radius 2 is 1.02 bits per heavy atom. The maximum absolute atomic E-state index is 6.67. The van der Waals surface area contributed by atoms with Crippen LogP contribution in [-0.2, 0) is 5.41 Å². The van der Waals surface area contributed by atoms with E-state index in [0.717, 1.165) is 50.7 Å². The SMILES string of the molecule is C1=CC2c3ccccc3C3(c4ccccc4Oc4ccc(-c5ccc(-c6cc(-c7ccccc7)nc(-c7ccccc7)n6)cc5)cc43)C2C=C1. The second-order valence-electron chi connectivity index (χ2n) is 13.3. The summed E-state index contributed by atoms with van der Waals surface area (Å²) in [5, 5.41) is 0. The normalized spacial score (nSPS) is 19.3. The van der Waals surface area contributed by atoms with Gasteiger partial charge in [0.15, 0.2) is 5.82 Å². The lowest BCUT2D eigenvalue weighted by molar-refractivity contribution is 0.374. The number of allylic oxidation sites excluding steroid dienone is 4. The zero-order valence-corrected chi connectivity index (χ0v) is 27.3. The summed E-state index contributed by atoms with van der Waals surface area (Å²) in [6.45, 7) is 0. The van der Waals surface area contributed by atoms with Gasteiger partial charge in [-0.1, -0.05) is 158 Å². The van der Waals surface area contributed by atoms with Gasteiger partial charge in [0.05, 0.1) is 16.8 Å². The van der Waals surface area contributed by atoms with Gasteiger partial charge in [-0.3, -0.25) is 0 Å². The number of hydrogen-bond acceptors (Lipinski definition) is 3. The maximum atomic E-state index is 6.67. The van der Waals surface area contributed by atoms with E-state index in [9.17, 15) is 0 Å². The van der Waals surface area contributed by atoms with Crippen LogP contribution in [0.25, 0.3) is 45.0 Å². The highest BCUT2D eigenvalue weighted by Crippen LogP contribution is 2.64. The molecule has 50 heavy (non-hydrogen) atoms. The molecule has 1 spiro atoms. The van der Waals surface area contributed by atoms with Crippen molar-refractivity contribution in [3.05, 3.63) is 204 Å². The Morgan fingerprint density at radius 3 is 1.80 bits per heavy atom. The quantitative estimate of drug-likeness (QED) is 0.192. The highest BCUT2D eigenvalue weighted by molar-refractivity contribution is 5.77. The summed E-state index contributed by atoms with van der Waals surface area (Å²) in [5.41, 5.74) is 12.0. The van der Waals surface area contributed by atoms with E-state index in [4.69, 9.17) is 14.7 Å². The third-order valence-electron chi connectivity index (χ3n) is 10.7. The Bertz CT molecular complexity index is 2410. The summed E-state index contributed by atoms with van der Waals surface area (Å²) in [5.74, 6) is 3.11. The summed E-state index contributed by atoms with van der Waals surface area (Å²) in [7, 11) is 0. The smallest absolute Gasteiger partial charge is 0.160 e. The molecule has 0 N–H and O–H groups in total. The fourth-order valence-corrected chi connectivity index (χ4v) is 8.45. The van der Waals surface area contributed by atoms with Crippen molar-refractivity contribution in [2.75, 3.05) is 0 Å². The topological polar surface area (TPSA) is 35.0 Å². The van der Waals surface area contributed by atoms with Crippen LogP contribution in [-0.4, -0.2) is 9.97 Å². The number of fused-ring (bicyclic) bond motifs is 9. The molecule has 2 heterocycles. The molecule has 0 amide bonds. The van der Waals surface area contributed by atoms with Gasteiger partial charge in [-0.15, -0.1) is 0 Å².